The summed E-state index contributed by atoms with van der Waals surface area (Å²) in [4.78, 5) is 18.5. The summed E-state index contributed by atoms with van der Waals surface area (Å²) in [7, 11) is 0. The van der Waals surface area contributed by atoms with Crippen LogP contribution in [-0.2, 0) is 5.54 Å². The van der Waals surface area contributed by atoms with Gasteiger partial charge in [-0.15, -0.1) is 10.2 Å². The predicted octanol–water partition coefficient (Wildman–Crippen LogP) is 3.67. The van der Waals surface area contributed by atoms with Gasteiger partial charge >= 0.3 is 0 Å². The number of aliphatic imine (C=N–C) groups is 1. The molecule has 0 bridgehead atoms. The van der Waals surface area contributed by atoms with Crippen LogP contribution in [0.25, 0.3) is 11.1 Å². The third kappa shape index (κ3) is 6.68. The van der Waals surface area contributed by atoms with Crippen molar-refractivity contribution < 1.29 is 9.18 Å². The lowest BCUT2D eigenvalue weighted by Crippen LogP contribution is -2.30. The number of rotatable bonds is 9. The zero-order chi connectivity index (χ0) is 23.8. The number of amidine groups is 1. The van der Waals surface area contributed by atoms with E-state index >= 15 is 0 Å². The molecule has 2 aromatic carbocycles. The van der Waals surface area contributed by atoms with Crippen LogP contribution in [0.4, 0.5) is 4.39 Å². The predicted molar refractivity (Wildman–Crippen MR) is 127 cm³/mol. The van der Waals surface area contributed by atoms with Gasteiger partial charge in [-0.05, 0) is 62.1 Å². The van der Waals surface area contributed by atoms with Crippen LogP contribution in [0.15, 0.2) is 59.6 Å². The minimum atomic E-state index is -0.777. The van der Waals surface area contributed by atoms with Gasteiger partial charge in [-0.1, -0.05) is 42.5 Å². The molecule has 0 saturated carbocycles. The highest BCUT2D eigenvalue weighted by Gasteiger charge is 2.23. The third-order valence-electron chi connectivity index (χ3n) is 5.00. The molecule has 0 unspecified atom stereocenters. The molecule has 3 rings (SSSR count). The van der Waals surface area contributed by atoms with E-state index in [2.05, 4.69) is 25.7 Å². The first kappa shape index (κ1) is 24.0. The van der Waals surface area contributed by atoms with Gasteiger partial charge in [0.1, 0.15) is 12.5 Å². The van der Waals surface area contributed by atoms with Gasteiger partial charge in [-0.2, -0.15) is 4.80 Å². The fourth-order valence-electron chi connectivity index (χ4n) is 3.16. The van der Waals surface area contributed by atoms with Gasteiger partial charge in [0.15, 0.2) is 5.82 Å². The van der Waals surface area contributed by atoms with E-state index in [1.807, 2.05) is 63.2 Å². The Bertz CT molecular complexity index is 1070. The van der Waals surface area contributed by atoms with Crippen molar-refractivity contribution in [2.24, 2.45) is 10.7 Å². The topological polar surface area (TPSA) is 111 Å². The van der Waals surface area contributed by atoms with E-state index in [0.29, 0.717) is 30.8 Å². The van der Waals surface area contributed by atoms with Crippen molar-refractivity contribution in [3.05, 3.63) is 66.0 Å². The van der Waals surface area contributed by atoms with Crippen LogP contribution in [0.1, 0.15) is 55.8 Å². The summed E-state index contributed by atoms with van der Waals surface area (Å²) in [5, 5.41) is 15.8. The Morgan fingerprint density at radius 2 is 1.79 bits per heavy atom. The Kier molecular flexibility index (Phi) is 7.87. The maximum atomic E-state index is 13.0. The van der Waals surface area contributed by atoms with Crippen LogP contribution < -0.4 is 11.1 Å². The molecule has 3 aromatic rings. The van der Waals surface area contributed by atoms with Crippen molar-refractivity contribution in [3.8, 4) is 11.1 Å². The van der Waals surface area contributed by atoms with Gasteiger partial charge in [-0.25, -0.2) is 4.39 Å². The number of amides is 1. The molecule has 0 saturated heterocycles. The van der Waals surface area contributed by atoms with Gasteiger partial charge in [0.25, 0.3) is 5.91 Å². The number of alkyl halides is 1. The molecule has 3 N–H and O–H groups in total. The molecular weight excluding hydrogens is 421 g/mol. The molecule has 33 heavy (non-hydrogen) atoms. The van der Waals surface area contributed by atoms with Crippen molar-refractivity contribution in [2.45, 2.75) is 45.2 Å². The van der Waals surface area contributed by atoms with Crippen molar-refractivity contribution in [3.63, 3.8) is 0 Å². The first-order chi connectivity index (χ1) is 15.8. The lowest BCUT2D eigenvalue weighted by Gasteiger charge is -2.17. The van der Waals surface area contributed by atoms with Gasteiger partial charge in [0.2, 0.25) is 0 Å². The van der Waals surface area contributed by atoms with Crippen LogP contribution in [0.2, 0.25) is 0 Å². The summed E-state index contributed by atoms with van der Waals surface area (Å²) in [6.07, 6.45) is 1.08. The van der Waals surface area contributed by atoms with Crippen molar-refractivity contribution in [1.82, 2.24) is 25.5 Å². The average molecular weight is 452 g/mol. The number of hydrogen-bond acceptors (Lipinski definition) is 5. The van der Waals surface area contributed by atoms with E-state index in [0.717, 1.165) is 11.1 Å². The molecule has 0 spiro atoms. The largest absolute Gasteiger partial charge is 0.385 e. The Labute approximate surface area is 193 Å². The van der Waals surface area contributed by atoms with Gasteiger partial charge in [-0.3, -0.25) is 9.79 Å². The van der Waals surface area contributed by atoms with E-state index in [4.69, 9.17) is 5.73 Å². The van der Waals surface area contributed by atoms with E-state index in [9.17, 15) is 9.18 Å². The van der Waals surface area contributed by atoms with E-state index in [1.54, 1.807) is 12.1 Å². The fourth-order valence-corrected chi connectivity index (χ4v) is 3.16. The Morgan fingerprint density at radius 3 is 2.39 bits per heavy atom. The number of nitrogens with one attached hydrogen (secondary N) is 1. The molecule has 9 heteroatoms. The summed E-state index contributed by atoms with van der Waals surface area (Å²) in [6, 6.07) is 16.9. The Hall–Kier alpha value is -3.62. The smallest absolute Gasteiger partial charge is 0.251 e. The summed E-state index contributed by atoms with van der Waals surface area (Å²) in [6.45, 7) is 5.47. The molecule has 0 fully saturated rings. The minimum absolute atomic E-state index is 0.0362. The summed E-state index contributed by atoms with van der Waals surface area (Å²) >= 11 is 0. The van der Waals surface area contributed by atoms with Crippen LogP contribution in [0.5, 0.6) is 0 Å². The lowest BCUT2D eigenvalue weighted by molar-refractivity contribution is 0.0932. The molecular formula is C24H30FN7O. The first-order valence-electron chi connectivity index (χ1n) is 10.9. The highest BCUT2D eigenvalue weighted by Crippen LogP contribution is 2.21. The number of halogens is 1. The molecule has 1 atom stereocenters. The van der Waals surface area contributed by atoms with Gasteiger partial charge in [0.05, 0.1) is 11.6 Å². The van der Waals surface area contributed by atoms with Crippen LogP contribution >= 0.6 is 0 Å². The number of benzene rings is 2. The van der Waals surface area contributed by atoms with Crippen LogP contribution in [-0.4, -0.2) is 45.2 Å². The normalized spacial score (nSPS) is 13.0. The summed E-state index contributed by atoms with van der Waals surface area (Å²) in [5.41, 5.74) is 7.73. The highest BCUT2D eigenvalue weighted by molar-refractivity contribution is 5.94. The monoisotopic (exact) mass is 451 g/mol. The molecule has 0 radical (unpaired) electrons. The average Bonchev–Trinajstić information content (AvgIpc) is 3.32. The van der Waals surface area contributed by atoms with Crippen molar-refractivity contribution in [1.29, 1.82) is 0 Å². The van der Waals surface area contributed by atoms with Gasteiger partial charge in [0, 0.05) is 12.1 Å². The molecule has 174 valence electrons. The number of nitrogens with zero attached hydrogens (tertiary/aromatic N) is 5. The Balaban J connectivity index is 1.74. The second kappa shape index (κ2) is 10.8. The number of aromatic nitrogens is 4. The van der Waals surface area contributed by atoms with Gasteiger partial charge < -0.3 is 11.1 Å². The Morgan fingerprint density at radius 1 is 1.12 bits per heavy atom. The lowest BCUT2D eigenvalue weighted by atomic mass is 10.0. The zero-order valence-electron chi connectivity index (χ0n) is 19.2. The van der Waals surface area contributed by atoms with E-state index in [-0.39, 0.29) is 17.3 Å². The van der Waals surface area contributed by atoms with Crippen LogP contribution in [0.3, 0.4) is 0 Å². The highest BCUT2D eigenvalue weighted by atomic mass is 19.1. The maximum Gasteiger partial charge on any atom is 0.251 e. The van der Waals surface area contributed by atoms with Crippen molar-refractivity contribution in [2.75, 3.05) is 13.2 Å². The molecule has 1 amide bonds. The number of tetrazole rings is 1. The first-order valence-corrected chi connectivity index (χ1v) is 10.9. The molecule has 8 nitrogen and oxygen atoms in total. The molecule has 1 heterocycles. The number of hydrogen-bond donors (Lipinski definition) is 2. The SMILES string of the molecule is CC(C)(C)n1nnc([C@H](CCCN=C(N)CF)NC(=O)c2ccc(-c3ccccc3)cc2)n1. The number of carbonyl (C=O) groups excluding carboxylic acids is 1. The van der Waals surface area contributed by atoms with Crippen molar-refractivity contribution >= 4 is 11.7 Å². The quantitative estimate of drug-likeness (QED) is 0.293. The second-order valence-electron chi connectivity index (χ2n) is 8.73. The maximum absolute atomic E-state index is 13.0. The van der Waals surface area contributed by atoms with E-state index < -0.39 is 12.7 Å². The number of nitrogens with two attached hydrogens (primary N) is 1. The molecule has 0 aliphatic carbocycles. The summed E-state index contributed by atoms with van der Waals surface area (Å²) < 4.78 is 12.5. The molecule has 0 aliphatic heterocycles. The molecule has 1 aromatic heterocycles. The standard InChI is InChI=1S/C24H30FN7O/c1-24(2,3)32-30-22(29-31-32)20(10-7-15-27-21(26)16-25)28-23(33)19-13-11-18(12-14-19)17-8-5-4-6-9-17/h4-6,8-9,11-14,20H,7,10,15-16H2,1-3H3,(H2,26,27)(H,28,33)/t20-/m0/s1. The number of carbonyl (C=O) groups is 1. The zero-order valence-corrected chi connectivity index (χ0v) is 19.2. The summed E-state index contributed by atoms with van der Waals surface area (Å²) in [5.74, 6) is 0.144. The third-order valence-corrected chi connectivity index (χ3v) is 5.00. The fraction of sp³-hybridized carbons (Fsp3) is 0.375. The second-order valence-corrected chi connectivity index (χ2v) is 8.73. The van der Waals surface area contributed by atoms with E-state index in [1.165, 1.54) is 4.80 Å². The molecule has 0 aliphatic rings. The minimum Gasteiger partial charge on any atom is -0.385 e. The van der Waals surface area contributed by atoms with Crippen LogP contribution in [0, 0.1) is 0 Å².